The minimum absolute atomic E-state index is 0.0689. The van der Waals surface area contributed by atoms with Gasteiger partial charge in [0, 0.05) is 44.4 Å². The van der Waals surface area contributed by atoms with Crippen molar-refractivity contribution in [3.05, 3.63) is 71.3 Å². The highest BCUT2D eigenvalue weighted by atomic mass is 16.3. The lowest BCUT2D eigenvalue weighted by atomic mass is 9.36. The van der Waals surface area contributed by atoms with Gasteiger partial charge in [0.2, 0.25) is 17.7 Å². The van der Waals surface area contributed by atoms with E-state index in [4.69, 9.17) is 5.73 Å². The number of benzene rings is 3. The first-order valence-corrected chi connectivity index (χ1v) is 19.7. The zero-order valence-corrected chi connectivity index (χ0v) is 31.9. The van der Waals surface area contributed by atoms with Crippen LogP contribution in [-0.4, -0.2) is 73.5 Å². The Balaban J connectivity index is 1.08. The highest BCUT2D eigenvalue weighted by Gasteiger charge is 2.66. The fourth-order valence-corrected chi connectivity index (χ4v) is 10.8. The number of nitrogens with one attached hydrogen (secondary N) is 3. The van der Waals surface area contributed by atoms with Crippen molar-refractivity contribution in [2.24, 2.45) is 22.0 Å². The molecule has 0 spiro atoms. The summed E-state index contributed by atoms with van der Waals surface area (Å²) < 4.78 is 0. The molecule has 302 valence electrons. The van der Waals surface area contributed by atoms with Gasteiger partial charge in [0.1, 0.15) is 0 Å². The predicted molar refractivity (Wildman–Crippen MR) is 209 cm³/mol. The number of aromatic hydroxyl groups is 6. The molecule has 13 nitrogen and oxygen atoms in total. The van der Waals surface area contributed by atoms with Gasteiger partial charge in [0.05, 0.1) is 0 Å². The van der Waals surface area contributed by atoms with Crippen LogP contribution in [0.5, 0.6) is 34.5 Å². The first-order valence-electron chi connectivity index (χ1n) is 19.7. The molecule has 0 aromatic heterocycles. The lowest BCUT2D eigenvalue weighted by Gasteiger charge is -2.70. The summed E-state index contributed by atoms with van der Waals surface area (Å²) in [5.74, 6) is -1.38. The molecule has 13 heteroatoms. The van der Waals surface area contributed by atoms with Gasteiger partial charge in [-0.05, 0) is 146 Å². The number of nitrogens with two attached hydrogens (primary N) is 1. The Bertz CT molecular complexity index is 1710. The van der Waals surface area contributed by atoms with Gasteiger partial charge in [-0.2, -0.15) is 0 Å². The van der Waals surface area contributed by atoms with E-state index in [1.165, 1.54) is 36.4 Å². The summed E-state index contributed by atoms with van der Waals surface area (Å²) in [5, 5.41) is 67.3. The number of hydrogen-bond donors (Lipinski definition) is 10. The maximum Gasteiger partial charge on any atom is 0.220 e. The number of rotatable bonds is 18. The molecule has 0 heterocycles. The van der Waals surface area contributed by atoms with E-state index < -0.39 is 5.54 Å². The molecule has 56 heavy (non-hydrogen) atoms. The van der Waals surface area contributed by atoms with Gasteiger partial charge in [-0.1, -0.05) is 18.2 Å². The van der Waals surface area contributed by atoms with E-state index in [1.807, 2.05) is 0 Å². The molecule has 0 unspecified atom stereocenters. The van der Waals surface area contributed by atoms with E-state index in [2.05, 4.69) is 16.0 Å². The maximum absolute atomic E-state index is 13.2. The number of phenols is 6. The molecule has 4 aliphatic carbocycles. The standard InChI is InChI=1S/C43H56N4O9/c44-43-25-40(13-7-37(54)45-16-10-28-1-4-31(48)34(51)19-28)22-41(26-43,14-8-38(55)46-17-11-29-2-5-32(49)35(52)20-29)24-42(23-40,27-43)15-9-39(56)47-18-12-30-3-6-33(50)36(53)21-30/h1-6,19-21,48-53H,7-18,22-27,44H2,(H,45,54)(H,46,55)(H,47,56). The monoisotopic (exact) mass is 772 g/mol. The molecule has 4 aliphatic rings. The molecular formula is C43H56N4O9. The molecule has 7 rings (SSSR count). The number of phenolic OH excluding ortho intramolecular Hbond substituents is 6. The molecule has 0 saturated heterocycles. The van der Waals surface area contributed by atoms with Crippen molar-refractivity contribution in [3.8, 4) is 34.5 Å². The van der Waals surface area contributed by atoms with Crippen LogP contribution in [0, 0.1) is 16.2 Å². The Hall–Kier alpha value is -5.17. The Labute approximate surface area is 327 Å². The largest absolute Gasteiger partial charge is 0.504 e. The van der Waals surface area contributed by atoms with Crippen molar-refractivity contribution in [3.63, 3.8) is 0 Å². The molecular weight excluding hydrogens is 716 g/mol. The van der Waals surface area contributed by atoms with Gasteiger partial charge in [-0.3, -0.25) is 14.4 Å². The molecule has 4 bridgehead atoms. The lowest BCUT2D eigenvalue weighted by Crippen LogP contribution is -2.67. The fraction of sp³-hybridized carbons (Fsp3) is 0.512. The summed E-state index contributed by atoms with van der Waals surface area (Å²) in [6.07, 6.45) is 9.41. The van der Waals surface area contributed by atoms with Gasteiger partial charge in [0.15, 0.2) is 34.5 Å². The van der Waals surface area contributed by atoms with Crippen molar-refractivity contribution < 1.29 is 45.0 Å². The van der Waals surface area contributed by atoms with Crippen LogP contribution in [0.4, 0.5) is 0 Å². The van der Waals surface area contributed by atoms with E-state index >= 15 is 0 Å². The summed E-state index contributed by atoms with van der Waals surface area (Å²) >= 11 is 0. The summed E-state index contributed by atoms with van der Waals surface area (Å²) in [4.78, 5) is 39.6. The van der Waals surface area contributed by atoms with Gasteiger partial charge >= 0.3 is 0 Å². The Morgan fingerprint density at radius 1 is 0.464 bits per heavy atom. The van der Waals surface area contributed by atoms with Crippen LogP contribution >= 0.6 is 0 Å². The zero-order chi connectivity index (χ0) is 40.1. The quantitative estimate of drug-likeness (QED) is 0.0802. The van der Waals surface area contributed by atoms with Crippen LogP contribution in [0.25, 0.3) is 0 Å². The SMILES string of the molecule is NC12CC3(CCC(=O)NCCc4ccc(O)c(O)c4)CC(CCC(=O)NCCc4ccc(O)c(O)c4)(C1)CC(CCC(=O)NCCc1ccc(O)c(O)c1)(C2)C3. The van der Waals surface area contributed by atoms with E-state index in [1.54, 1.807) is 18.2 Å². The topological polar surface area (TPSA) is 235 Å². The number of hydrogen-bond acceptors (Lipinski definition) is 10. The van der Waals surface area contributed by atoms with E-state index in [-0.39, 0.29) is 68.5 Å². The second kappa shape index (κ2) is 16.5. The summed E-state index contributed by atoms with van der Waals surface area (Å²) in [5.41, 5.74) is 8.56. The number of amides is 3. The van der Waals surface area contributed by atoms with Crippen molar-refractivity contribution in [1.82, 2.24) is 16.0 Å². The molecule has 4 fully saturated rings. The zero-order valence-electron chi connectivity index (χ0n) is 31.9. The molecule has 4 saturated carbocycles. The minimum Gasteiger partial charge on any atom is -0.504 e. The minimum atomic E-state index is -0.471. The Morgan fingerprint density at radius 2 is 0.750 bits per heavy atom. The molecule has 0 atom stereocenters. The molecule has 0 aliphatic heterocycles. The highest BCUT2D eigenvalue weighted by molar-refractivity contribution is 5.77. The van der Waals surface area contributed by atoms with E-state index in [0.717, 1.165) is 55.2 Å². The van der Waals surface area contributed by atoms with E-state index in [0.29, 0.717) is 77.4 Å². The smallest absolute Gasteiger partial charge is 0.220 e. The second-order valence-electron chi connectivity index (χ2n) is 17.2. The van der Waals surface area contributed by atoms with E-state index in [9.17, 15) is 45.0 Å². The maximum atomic E-state index is 13.2. The summed E-state index contributed by atoms with van der Waals surface area (Å²) in [6.45, 7) is 1.16. The third-order valence-corrected chi connectivity index (χ3v) is 12.4. The Kier molecular flexibility index (Phi) is 11.9. The first-order chi connectivity index (χ1) is 26.6. The van der Waals surface area contributed by atoms with Crippen LogP contribution in [-0.2, 0) is 33.6 Å². The lowest BCUT2D eigenvalue weighted by molar-refractivity contribution is -0.179. The molecule has 3 aromatic rings. The van der Waals surface area contributed by atoms with Crippen molar-refractivity contribution in [1.29, 1.82) is 0 Å². The third kappa shape index (κ3) is 9.97. The molecule has 3 amide bonds. The normalized spacial score (nSPS) is 24.8. The van der Waals surface area contributed by atoms with Gasteiger partial charge in [-0.25, -0.2) is 0 Å². The molecule has 0 radical (unpaired) electrons. The second-order valence-corrected chi connectivity index (χ2v) is 17.2. The summed E-state index contributed by atoms with van der Waals surface area (Å²) in [7, 11) is 0. The van der Waals surface area contributed by atoms with Crippen LogP contribution in [0.1, 0.15) is 93.7 Å². The van der Waals surface area contributed by atoms with Crippen molar-refractivity contribution in [2.75, 3.05) is 19.6 Å². The number of carbonyl (C=O) groups excluding carboxylic acids is 3. The highest BCUT2D eigenvalue weighted by Crippen LogP contribution is 2.73. The molecule has 11 N–H and O–H groups in total. The predicted octanol–water partition coefficient (Wildman–Crippen LogP) is 4.68. The average Bonchev–Trinajstić information content (AvgIpc) is 3.13. The van der Waals surface area contributed by atoms with Crippen molar-refractivity contribution in [2.45, 2.75) is 102 Å². The molecule has 3 aromatic carbocycles. The van der Waals surface area contributed by atoms with Crippen LogP contribution in [0.2, 0.25) is 0 Å². The first kappa shape index (κ1) is 40.5. The van der Waals surface area contributed by atoms with Crippen LogP contribution < -0.4 is 21.7 Å². The Morgan fingerprint density at radius 3 is 1.02 bits per heavy atom. The summed E-state index contributed by atoms with van der Waals surface area (Å²) in [6, 6.07) is 13.9. The van der Waals surface area contributed by atoms with Crippen LogP contribution in [0.3, 0.4) is 0 Å². The fourth-order valence-electron chi connectivity index (χ4n) is 10.8. The third-order valence-electron chi connectivity index (χ3n) is 12.4. The van der Waals surface area contributed by atoms with Gasteiger partial charge in [-0.15, -0.1) is 0 Å². The van der Waals surface area contributed by atoms with Gasteiger partial charge in [0.25, 0.3) is 0 Å². The number of carbonyl (C=O) groups is 3. The average molecular weight is 773 g/mol. The van der Waals surface area contributed by atoms with Crippen LogP contribution in [0.15, 0.2) is 54.6 Å². The van der Waals surface area contributed by atoms with Crippen molar-refractivity contribution >= 4 is 17.7 Å². The van der Waals surface area contributed by atoms with Gasteiger partial charge < -0.3 is 52.3 Å².